The third-order valence-electron chi connectivity index (χ3n) is 4.39. The molecule has 3 aromatic rings. The summed E-state index contributed by atoms with van der Waals surface area (Å²) in [5, 5.41) is 7.14. The van der Waals surface area contributed by atoms with E-state index in [0.29, 0.717) is 18.2 Å². The maximum absolute atomic E-state index is 12.7. The fourth-order valence-corrected chi connectivity index (χ4v) is 2.79. The molecule has 136 valence electrons. The van der Waals surface area contributed by atoms with Gasteiger partial charge in [0.2, 0.25) is 0 Å². The molecule has 0 bridgehead atoms. The highest BCUT2D eigenvalue weighted by Gasteiger charge is 2.22. The van der Waals surface area contributed by atoms with Crippen LogP contribution in [0.4, 0.5) is 0 Å². The minimum Gasteiger partial charge on any atom is -0.332 e. The second-order valence-corrected chi connectivity index (χ2v) is 6.57. The van der Waals surface area contributed by atoms with Gasteiger partial charge in [0.1, 0.15) is 17.8 Å². The summed E-state index contributed by atoms with van der Waals surface area (Å²) in [7, 11) is 1.75. The van der Waals surface area contributed by atoms with Crippen LogP contribution in [0, 0.1) is 0 Å². The molecule has 0 unspecified atom stereocenters. The van der Waals surface area contributed by atoms with Crippen LogP contribution in [-0.2, 0) is 6.54 Å². The van der Waals surface area contributed by atoms with Gasteiger partial charge in [0.15, 0.2) is 0 Å². The molecule has 8 nitrogen and oxygen atoms in total. The zero-order valence-corrected chi connectivity index (χ0v) is 15.4. The molecule has 0 radical (unpaired) electrons. The first-order chi connectivity index (χ1) is 12.5. The van der Waals surface area contributed by atoms with Crippen LogP contribution < -0.4 is 0 Å². The lowest BCUT2D eigenvalue weighted by atomic mass is 10.2. The van der Waals surface area contributed by atoms with E-state index in [1.54, 1.807) is 36.5 Å². The highest BCUT2D eigenvalue weighted by molar-refractivity contribution is 5.92. The van der Waals surface area contributed by atoms with Crippen molar-refractivity contribution in [3.05, 3.63) is 60.0 Å². The number of amides is 1. The Morgan fingerprint density at radius 2 is 2.08 bits per heavy atom. The summed E-state index contributed by atoms with van der Waals surface area (Å²) < 4.78 is 2.06. The molecule has 0 aliphatic rings. The van der Waals surface area contributed by atoms with E-state index in [4.69, 9.17) is 0 Å². The number of aromatic nitrogens is 6. The van der Waals surface area contributed by atoms with Gasteiger partial charge in [-0.3, -0.25) is 9.89 Å². The first-order valence-electron chi connectivity index (χ1n) is 8.55. The van der Waals surface area contributed by atoms with Gasteiger partial charge in [0.25, 0.3) is 5.91 Å². The van der Waals surface area contributed by atoms with Crippen LogP contribution in [0.2, 0.25) is 0 Å². The van der Waals surface area contributed by atoms with Crippen LogP contribution in [0.5, 0.6) is 0 Å². The highest BCUT2D eigenvalue weighted by atomic mass is 16.2. The first kappa shape index (κ1) is 17.8. The van der Waals surface area contributed by atoms with Crippen LogP contribution in [0.15, 0.2) is 37.1 Å². The minimum absolute atomic E-state index is 0.159. The second kappa shape index (κ2) is 7.47. The number of hydrogen-bond donors (Lipinski definition) is 1. The standard InChI is InChI=1S/C18H23N7O/c1-12(2)17-20-7-8-25(17)10-14-9-16(23-22-14)18(26)24(4)13(3)15-5-6-19-11-21-15/h5-9,11-13H,10H2,1-4H3,(H,22,23)/t13-/m0/s1. The third-order valence-corrected chi connectivity index (χ3v) is 4.39. The Morgan fingerprint density at radius 3 is 2.77 bits per heavy atom. The van der Waals surface area contributed by atoms with Crippen molar-refractivity contribution in [2.75, 3.05) is 7.05 Å². The Morgan fingerprint density at radius 1 is 1.27 bits per heavy atom. The van der Waals surface area contributed by atoms with E-state index in [9.17, 15) is 4.79 Å². The van der Waals surface area contributed by atoms with Crippen molar-refractivity contribution in [3.8, 4) is 0 Å². The number of hydrogen-bond acceptors (Lipinski definition) is 5. The Kier molecular flexibility index (Phi) is 5.11. The molecular formula is C18H23N7O. The predicted molar refractivity (Wildman–Crippen MR) is 96.5 cm³/mol. The summed E-state index contributed by atoms with van der Waals surface area (Å²) in [6, 6.07) is 3.42. The predicted octanol–water partition coefficient (Wildman–Crippen LogP) is 2.40. The van der Waals surface area contributed by atoms with Gasteiger partial charge >= 0.3 is 0 Å². The third kappa shape index (κ3) is 3.63. The van der Waals surface area contributed by atoms with Crippen molar-refractivity contribution in [1.29, 1.82) is 0 Å². The molecule has 8 heteroatoms. The smallest absolute Gasteiger partial charge is 0.274 e. The Balaban J connectivity index is 1.72. The summed E-state index contributed by atoms with van der Waals surface area (Å²) >= 11 is 0. The van der Waals surface area contributed by atoms with Crippen LogP contribution in [0.25, 0.3) is 0 Å². The van der Waals surface area contributed by atoms with Crippen LogP contribution >= 0.6 is 0 Å². The number of rotatable bonds is 6. The fraction of sp³-hybridized carbons (Fsp3) is 0.389. The molecule has 0 saturated carbocycles. The minimum atomic E-state index is -0.174. The van der Waals surface area contributed by atoms with Crippen molar-refractivity contribution in [2.45, 2.75) is 39.3 Å². The van der Waals surface area contributed by atoms with Gasteiger partial charge in [-0.1, -0.05) is 13.8 Å². The summed E-state index contributed by atoms with van der Waals surface area (Å²) in [4.78, 5) is 26.9. The zero-order valence-electron chi connectivity index (χ0n) is 15.4. The molecule has 26 heavy (non-hydrogen) atoms. The van der Waals surface area contributed by atoms with Crippen molar-refractivity contribution in [3.63, 3.8) is 0 Å². The van der Waals surface area contributed by atoms with Crippen LogP contribution in [0.3, 0.4) is 0 Å². The number of H-pyrrole nitrogens is 1. The van der Waals surface area contributed by atoms with E-state index in [2.05, 4.69) is 43.6 Å². The van der Waals surface area contributed by atoms with Gasteiger partial charge < -0.3 is 9.47 Å². The van der Waals surface area contributed by atoms with E-state index < -0.39 is 0 Å². The SMILES string of the molecule is CC(C)c1nccn1Cc1cc(C(=O)N(C)[C@@H](C)c2ccncn2)n[nH]1. The molecule has 3 heterocycles. The van der Waals surface area contributed by atoms with Crippen molar-refractivity contribution >= 4 is 5.91 Å². The number of imidazole rings is 1. The van der Waals surface area contributed by atoms with Gasteiger partial charge in [-0.05, 0) is 19.1 Å². The van der Waals surface area contributed by atoms with E-state index in [0.717, 1.165) is 17.2 Å². The van der Waals surface area contributed by atoms with E-state index >= 15 is 0 Å². The molecule has 3 aromatic heterocycles. The summed E-state index contributed by atoms with van der Waals surface area (Å²) in [5.41, 5.74) is 2.03. The lowest BCUT2D eigenvalue weighted by Crippen LogP contribution is -2.30. The number of nitrogens with zero attached hydrogens (tertiary/aromatic N) is 6. The van der Waals surface area contributed by atoms with Gasteiger partial charge in [-0.2, -0.15) is 5.10 Å². The Labute approximate surface area is 152 Å². The monoisotopic (exact) mass is 353 g/mol. The van der Waals surface area contributed by atoms with E-state index in [-0.39, 0.29) is 11.9 Å². The topological polar surface area (TPSA) is 92.6 Å². The molecule has 0 spiro atoms. The summed E-state index contributed by atoms with van der Waals surface area (Å²) in [6.45, 7) is 6.72. The Hall–Kier alpha value is -3.03. The van der Waals surface area contributed by atoms with Gasteiger partial charge in [-0.15, -0.1) is 0 Å². The van der Waals surface area contributed by atoms with Crippen molar-refractivity contribution < 1.29 is 4.79 Å². The molecule has 0 aliphatic carbocycles. The number of carbonyl (C=O) groups excluding carboxylic acids is 1. The van der Waals surface area contributed by atoms with E-state index in [1.165, 1.54) is 6.33 Å². The van der Waals surface area contributed by atoms with Crippen molar-refractivity contribution in [1.82, 2.24) is 34.6 Å². The number of aromatic amines is 1. The molecule has 0 saturated heterocycles. The molecule has 0 aliphatic heterocycles. The van der Waals surface area contributed by atoms with Gasteiger partial charge in [0.05, 0.1) is 24.0 Å². The second-order valence-electron chi connectivity index (χ2n) is 6.57. The molecular weight excluding hydrogens is 330 g/mol. The molecule has 3 rings (SSSR count). The van der Waals surface area contributed by atoms with Gasteiger partial charge in [-0.25, -0.2) is 15.0 Å². The first-order valence-corrected chi connectivity index (χ1v) is 8.55. The maximum Gasteiger partial charge on any atom is 0.274 e. The molecule has 0 fully saturated rings. The van der Waals surface area contributed by atoms with Gasteiger partial charge in [0, 0.05) is 31.6 Å². The normalized spacial score (nSPS) is 12.3. The maximum atomic E-state index is 12.7. The van der Waals surface area contributed by atoms with E-state index in [1.807, 2.05) is 13.1 Å². The van der Waals surface area contributed by atoms with Crippen molar-refractivity contribution in [2.24, 2.45) is 0 Å². The average molecular weight is 353 g/mol. The summed E-state index contributed by atoms with van der Waals surface area (Å²) in [5.74, 6) is 1.17. The highest BCUT2D eigenvalue weighted by Crippen LogP contribution is 2.18. The average Bonchev–Trinajstić information content (AvgIpc) is 3.30. The molecule has 0 aromatic carbocycles. The Bertz CT molecular complexity index is 869. The van der Waals surface area contributed by atoms with Crippen LogP contribution in [-0.4, -0.2) is 47.6 Å². The quantitative estimate of drug-likeness (QED) is 0.734. The summed E-state index contributed by atoms with van der Waals surface area (Å²) in [6.07, 6.45) is 6.87. The number of nitrogens with one attached hydrogen (secondary N) is 1. The largest absolute Gasteiger partial charge is 0.332 e. The lowest BCUT2D eigenvalue weighted by Gasteiger charge is -2.23. The molecule has 1 atom stereocenters. The zero-order chi connectivity index (χ0) is 18.7. The van der Waals surface area contributed by atoms with Crippen LogP contribution in [0.1, 0.15) is 60.4 Å². The molecule has 1 amide bonds. The fourth-order valence-electron chi connectivity index (χ4n) is 2.79. The molecule has 1 N–H and O–H groups in total. The lowest BCUT2D eigenvalue weighted by molar-refractivity contribution is 0.0733. The number of carbonyl (C=O) groups is 1.